The van der Waals surface area contributed by atoms with Gasteiger partial charge < -0.3 is 5.32 Å². The zero-order valence-corrected chi connectivity index (χ0v) is 11.9. The number of rotatable bonds is 5. The number of hydrogen-bond acceptors (Lipinski definition) is 4. The van der Waals surface area contributed by atoms with Crippen LogP contribution in [0.3, 0.4) is 0 Å². The average Bonchev–Trinajstić information content (AvgIpc) is 2.43. The van der Waals surface area contributed by atoms with Gasteiger partial charge in [-0.1, -0.05) is 0 Å². The van der Waals surface area contributed by atoms with Gasteiger partial charge in [-0.2, -0.15) is 0 Å². The Balaban J connectivity index is 2.29. The van der Waals surface area contributed by atoms with E-state index in [0.717, 1.165) is 18.2 Å². The van der Waals surface area contributed by atoms with Crippen molar-refractivity contribution in [3.05, 3.63) is 48.2 Å². The second-order valence-corrected chi connectivity index (χ2v) is 5.82. The number of aromatic nitrogens is 1. The molecule has 0 saturated heterocycles. The Hall–Kier alpha value is -2.22. The van der Waals surface area contributed by atoms with Crippen LogP contribution in [-0.2, 0) is 10.0 Å². The predicted octanol–water partition coefficient (Wildman–Crippen LogP) is 2.59. The third-order valence-electron chi connectivity index (χ3n) is 2.57. The van der Waals surface area contributed by atoms with Crippen molar-refractivity contribution in [1.29, 1.82) is 0 Å². The standard InChI is InChI=1S/C13H13F2N3O2S/c1-2-16-13-8-10(5-6-17-13)21(19,20)18-9-3-4-11(14)12(15)7-9/h3-8,18H,2H2,1H3,(H,16,17). The van der Waals surface area contributed by atoms with Gasteiger partial charge in [0, 0.05) is 24.9 Å². The molecule has 0 aliphatic rings. The molecule has 0 atom stereocenters. The Morgan fingerprint density at radius 3 is 2.57 bits per heavy atom. The minimum Gasteiger partial charge on any atom is -0.370 e. The molecular weight excluding hydrogens is 300 g/mol. The Labute approximate surface area is 121 Å². The number of benzene rings is 1. The van der Waals surface area contributed by atoms with E-state index in [0.29, 0.717) is 12.4 Å². The molecule has 21 heavy (non-hydrogen) atoms. The highest BCUT2D eigenvalue weighted by atomic mass is 32.2. The lowest BCUT2D eigenvalue weighted by molar-refractivity contribution is 0.509. The van der Waals surface area contributed by atoms with Crippen molar-refractivity contribution in [3.63, 3.8) is 0 Å². The highest BCUT2D eigenvalue weighted by molar-refractivity contribution is 7.92. The maximum Gasteiger partial charge on any atom is 0.262 e. The van der Waals surface area contributed by atoms with E-state index in [-0.39, 0.29) is 10.6 Å². The first-order valence-corrected chi connectivity index (χ1v) is 7.58. The third kappa shape index (κ3) is 3.66. The first kappa shape index (κ1) is 15.2. The van der Waals surface area contributed by atoms with Crippen LogP contribution in [0.4, 0.5) is 20.3 Å². The monoisotopic (exact) mass is 313 g/mol. The number of nitrogens with one attached hydrogen (secondary N) is 2. The van der Waals surface area contributed by atoms with E-state index in [2.05, 4.69) is 15.0 Å². The van der Waals surface area contributed by atoms with E-state index < -0.39 is 21.7 Å². The van der Waals surface area contributed by atoms with Crippen molar-refractivity contribution in [2.45, 2.75) is 11.8 Å². The number of halogens is 2. The molecule has 2 aromatic rings. The van der Waals surface area contributed by atoms with Gasteiger partial charge in [0.15, 0.2) is 11.6 Å². The van der Waals surface area contributed by atoms with E-state index in [1.165, 1.54) is 18.3 Å². The molecule has 1 aromatic heterocycles. The highest BCUT2D eigenvalue weighted by Crippen LogP contribution is 2.19. The number of pyridine rings is 1. The summed E-state index contributed by atoms with van der Waals surface area (Å²) in [6, 6.07) is 5.43. The van der Waals surface area contributed by atoms with Crippen LogP contribution in [0.15, 0.2) is 41.4 Å². The normalized spacial score (nSPS) is 11.2. The summed E-state index contributed by atoms with van der Waals surface area (Å²) in [5.41, 5.74) is -0.0595. The zero-order chi connectivity index (χ0) is 15.5. The van der Waals surface area contributed by atoms with Crippen LogP contribution in [-0.4, -0.2) is 19.9 Å². The van der Waals surface area contributed by atoms with Gasteiger partial charge in [-0.3, -0.25) is 4.72 Å². The van der Waals surface area contributed by atoms with Crippen molar-refractivity contribution in [3.8, 4) is 0 Å². The second-order valence-electron chi connectivity index (χ2n) is 4.14. The molecule has 0 amide bonds. The van der Waals surface area contributed by atoms with Gasteiger partial charge in [-0.15, -0.1) is 0 Å². The van der Waals surface area contributed by atoms with Crippen molar-refractivity contribution in [2.75, 3.05) is 16.6 Å². The molecule has 2 rings (SSSR count). The van der Waals surface area contributed by atoms with Crippen LogP contribution in [0.1, 0.15) is 6.92 Å². The molecule has 5 nitrogen and oxygen atoms in total. The van der Waals surface area contributed by atoms with Crippen LogP contribution in [0, 0.1) is 11.6 Å². The summed E-state index contributed by atoms with van der Waals surface area (Å²) >= 11 is 0. The zero-order valence-electron chi connectivity index (χ0n) is 11.1. The summed E-state index contributed by atoms with van der Waals surface area (Å²) in [4.78, 5) is 3.93. The molecule has 1 aromatic carbocycles. The molecule has 1 heterocycles. The molecule has 0 aliphatic carbocycles. The summed E-state index contributed by atoms with van der Waals surface area (Å²) in [7, 11) is -3.90. The molecule has 0 bridgehead atoms. The molecule has 0 spiro atoms. The van der Waals surface area contributed by atoms with Gasteiger partial charge in [0.2, 0.25) is 0 Å². The molecule has 0 radical (unpaired) electrons. The molecule has 0 aliphatic heterocycles. The van der Waals surface area contributed by atoms with E-state index in [9.17, 15) is 17.2 Å². The first-order chi connectivity index (χ1) is 9.92. The lowest BCUT2D eigenvalue weighted by atomic mass is 10.3. The van der Waals surface area contributed by atoms with Crippen molar-refractivity contribution < 1.29 is 17.2 Å². The fourth-order valence-electron chi connectivity index (χ4n) is 1.63. The van der Waals surface area contributed by atoms with Gasteiger partial charge in [0.25, 0.3) is 10.0 Å². The first-order valence-electron chi connectivity index (χ1n) is 6.10. The van der Waals surface area contributed by atoms with E-state index in [1.807, 2.05) is 6.92 Å². The van der Waals surface area contributed by atoms with Gasteiger partial charge in [0.05, 0.1) is 10.6 Å². The van der Waals surface area contributed by atoms with E-state index >= 15 is 0 Å². The van der Waals surface area contributed by atoms with Crippen molar-refractivity contribution in [1.82, 2.24) is 4.98 Å². The Morgan fingerprint density at radius 1 is 1.14 bits per heavy atom. The minimum absolute atomic E-state index is 0.0295. The van der Waals surface area contributed by atoms with Crippen LogP contribution in [0.2, 0.25) is 0 Å². The molecule has 2 N–H and O–H groups in total. The predicted molar refractivity (Wildman–Crippen MR) is 75.6 cm³/mol. The summed E-state index contributed by atoms with van der Waals surface area (Å²) in [5, 5.41) is 2.89. The number of nitrogens with zero attached hydrogens (tertiary/aromatic N) is 1. The lowest BCUT2D eigenvalue weighted by Gasteiger charge is -2.09. The molecule has 0 saturated carbocycles. The molecule has 0 unspecified atom stereocenters. The van der Waals surface area contributed by atoms with Crippen LogP contribution >= 0.6 is 0 Å². The number of anilines is 2. The van der Waals surface area contributed by atoms with Crippen molar-refractivity contribution in [2.24, 2.45) is 0 Å². The van der Waals surface area contributed by atoms with Gasteiger partial charge >= 0.3 is 0 Å². The van der Waals surface area contributed by atoms with Crippen molar-refractivity contribution >= 4 is 21.5 Å². The second kappa shape index (κ2) is 6.04. The molecule has 112 valence electrons. The largest absolute Gasteiger partial charge is 0.370 e. The summed E-state index contributed by atoms with van der Waals surface area (Å²) in [6.45, 7) is 2.44. The average molecular weight is 313 g/mol. The Kier molecular flexibility index (Phi) is 4.37. The molecule has 0 fully saturated rings. The highest BCUT2D eigenvalue weighted by Gasteiger charge is 2.16. The van der Waals surface area contributed by atoms with Crippen LogP contribution < -0.4 is 10.0 Å². The van der Waals surface area contributed by atoms with E-state index in [1.54, 1.807) is 0 Å². The van der Waals surface area contributed by atoms with Crippen LogP contribution in [0.5, 0.6) is 0 Å². The fraction of sp³-hybridized carbons (Fsp3) is 0.154. The fourth-order valence-corrected chi connectivity index (χ4v) is 2.69. The molecule has 8 heteroatoms. The smallest absolute Gasteiger partial charge is 0.262 e. The van der Waals surface area contributed by atoms with Gasteiger partial charge in [-0.05, 0) is 25.1 Å². The summed E-state index contributed by atoms with van der Waals surface area (Å²) < 4.78 is 52.4. The quantitative estimate of drug-likeness (QED) is 0.890. The van der Waals surface area contributed by atoms with Gasteiger partial charge in [-0.25, -0.2) is 22.2 Å². The third-order valence-corrected chi connectivity index (χ3v) is 3.95. The SMILES string of the molecule is CCNc1cc(S(=O)(=O)Nc2ccc(F)c(F)c2)ccn1. The summed E-state index contributed by atoms with van der Waals surface area (Å²) in [6.07, 6.45) is 1.35. The minimum atomic E-state index is -3.90. The van der Waals surface area contributed by atoms with Gasteiger partial charge in [0.1, 0.15) is 5.82 Å². The number of sulfonamides is 1. The lowest BCUT2D eigenvalue weighted by Crippen LogP contribution is -2.14. The Morgan fingerprint density at radius 2 is 1.90 bits per heavy atom. The molecular formula is C13H13F2N3O2S. The topological polar surface area (TPSA) is 71.1 Å². The maximum atomic E-state index is 13.1. The number of hydrogen-bond donors (Lipinski definition) is 2. The Bertz CT molecular complexity index is 751. The van der Waals surface area contributed by atoms with E-state index in [4.69, 9.17) is 0 Å². The van der Waals surface area contributed by atoms with Crippen LogP contribution in [0.25, 0.3) is 0 Å². The summed E-state index contributed by atoms with van der Waals surface area (Å²) in [5.74, 6) is -1.76. The maximum absolute atomic E-state index is 13.1.